The van der Waals surface area contributed by atoms with Crippen molar-refractivity contribution in [3.8, 4) is 0 Å². The zero-order valence-corrected chi connectivity index (χ0v) is 53.3. The van der Waals surface area contributed by atoms with Gasteiger partial charge in [-0.1, -0.05) is 46.5 Å². The molecule has 0 spiro atoms. The molecule has 105 heavy (non-hydrogen) atoms. The summed E-state index contributed by atoms with van der Waals surface area (Å²) < 4.78 is 539. The van der Waals surface area contributed by atoms with E-state index in [0.29, 0.717) is 0 Å². The van der Waals surface area contributed by atoms with Gasteiger partial charge < -0.3 is 60.3 Å². The number of halogens is 36. The van der Waals surface area contributed by atoms with Gasteiger partial charge in [0, 0.05) is 39.3 Å². The normalized spacial score (nSPS) is 14.5. The third-order valence-corrected chi connectivity index (χ3v) is 13.9. The Balaban J connectivity index is 6.59. The van der Waals surface area contributed by atoms with Gasteiger partial charge in [-0.05, 0) is 50.9 Å². The molecule has 0 heterocycles. The van der Waals surface area contributed by atoms with Crippen molar-refractivity contribution < 1.29 is 215 Å². The standard InChI is InChI=1S/C51H62F36N6O12/c1-4-7-15-88-28(94)100-21-34(52,53)40(64,65)46(76,77)48(80,81)43(70,71)37(58,59)24-103-31(97)91-18-11-10-13-27(20-93-33(99)105-26-39(62,63)45(74,75)51(86,87)50(84,85)42(68,69)36(56,57)23-102-30(96)90-17-9-6-3)14-12-19-92-32(98)104-25-38(60,61)44(72,73)49(82,83)47(78,79)41(66,67)35(54,55)22-101-29(95)89-16-8-5-2/h27H,4-26H2,1-3H3,(H,88,94)(H,89,95)(H,90,96)(H,91,97)(H,92,98)(H,93,99). The van der Waals surface area contributed by atoms with Crippen LogP contribution < -0.4 is 31.9 Å². The van der Waals surface area contributed by atoms with E-state index in [0.717, 1.165) is 0 Å². The van der Waals surface area contributed by atoms with E-state index in [4.69, 9.17) is 0 Å². The minimum absolute atomic E-state index is 0.0213. The summed E-state index contributed by atoms with van der Waals surface area (Å²) in [5, 5.41) is 8.69. The molecule has 0 aromatic carbocycles. The molecular formula is C51H62F36N6O12. The molecule has 18 nitrogen and oxygen atoms in total. The molecule has 6 amide bonds. The summed E-state index contributed by atoms with van der Waals surface area (Å²) in [4.78, 5) is 70.6. The van der Waals surface area contributed by atoms with Crippen LogP contribution in [-0.2, 0) is 28.4 Å². The third kappa shape index (κ3) is 22.2. The molecule has 1 unspecified atom stereocenters. The SMILES string of the molecule is CCCCNC(=O)OCC(F)(F)C(F)(F)C(F)(F)C(F)(F)C(F)(F)C(F)(F)COC(=O)NCCCCC(CCCNC(=O)OCC(F)(F)C(F)(F)C(F)(F)C(F)(F)C(F)(F)C(F)(F)COC(=O)NCCCC)CNC(=O)OCC(F)(F)C(F)(F)C(F)(F)C(F)(F)C(F)(F)C(F)(F)COC(=O)NCCCC. The fourth-order valence-electron chi connectivity index (χ4n) is 7.36. The van der Waals surface area contributed by atoms with Gasteiger partial charge in [0.05, 0.1) is 0 Å². The zero-order chi connectivity index (χ0) is 82.8. The Hall–Kier alpha value is -6.90. The maximum atomic E-state index is 14.6. The van der Waals surface area contributed by atoms with E-state index in [1.54, 1.807) is 16.0 Å². The highest BCUT2D eigenvalue weighted by Gasteiger charge is 2.93. The summed E-state index contributed by atoms with van der Waals surface area (Å²) in [7, 11) is 0. The molecule has 0 rings (SSSR count). The fourth-order valence-corrected chi connectivity index (χ4v) is 7.36. The molecule has 0 saturated carbocycles. The molecule has 0 aromatic rings. The van der Waals surface area contributed by atoms with Crippen molar-refractivity contribution in [3.63, 3.8) is 0 Å². The van der Waals surface area contributed by atoms with Crippen LogP contribution in [0.25, 0.3) is 0 Å². The molecule has 0 radical (unpaired) electrons. The molecule has 6 N–H and O–H groups in total. The molecule has 1 atom stereocenters. The molecular weight excluding hydrogens is 1570 g/mol. The largest absolute Gasteiger partial charge is 0.443 e. The minimum Gasteiger partial charge on any atom is -0.443 e. The Morgan fingerprint density at radius 2 is 0.390 bits per heavy atom. The lowest BCUT2D eigenvalue weighted by molar-refractivity contribution is -0.427. The highest BCUT2D eigenvalue weighted by Crippen LogP contribution is 2.63. The van der Waals surface area contributed by atoms with Gasteiger partial charge in [-0.2, -0.15) is 158 Å². The van der Waals surface area contributed by atoms with Gasteiger partial charge in [0.2, 0.25) is 0 Å². The Bertz CT molecular complexity index is 2810. The van der Waals surface area contributed by atoms with Crippen LogP contribution in [0.15, 0.2) is 0 Å². The van der Waals surface area contributed by atoms with Crippen molar-refractivity contribution in [2.45, 2.75) is 198 Å². The first-order chi connectivity index (χ1) is 47.1. The number of carbonyl (C=O) groups is 6. The van der Waals surface area contributed by atoms with Crippen LogP contribution in [0.4, 0.5) is 187 Å². The lowest BCUT2D eigenvalue weighted by atomic mass is 9.91. The van der Waals surface area contributed by atoms with E-state index in [-0.39, 0.29) is 38.5 Å². The Kier molecular flexibility index (Phi) is 33.9. The lowest BCUT2D eigenvalue weighted by Crippen LogP contribution is -2.71. The second-order valence-corrected chi connectivity index (χ2v) is 22.2. The van der Waals surface area contributed by atoms with Crippen molar-refractivity contribution >= 4 is 36.6 Å². The van der Waals surface area contributed by atoms with Crippen LogP contribution in [0.1, 0.15) is 91.4 Å². The van der Waals surface area contributed by atoms with E-state index < -0.39 is 260 Å². The van der Waals surface area contributed by atoms with Crippen LogP contribution in [0, 0.1) is 5.92 Å². The second-order valence-electron chi connectivity index (χ2n) is 22.2. The van der Waals surface area contributed by atoms with Crippen molar-refractivity contribution in [2.24, 2.45) is 5.92 Å². The third-order valence-electron chi connectivity index (χ3n) is 13.9. The quantitative estimate of drug-likeness (QED) is 0.0190. The van der Waals surface area contributed by atoms with Crippen LogP contribution in [-0.4, -0.2) is 222 Å². The number of hydrogen-bond donors (Lipinski definition) is 6. The van der Waals surface area contributed by atoms with E-state index in [9.17, 15) is 187 Å². The number of nitrogens with one attached hydrogen (secondary N) is 6. The summed E-state index contributed by atoms with van der Waals surface area (Å²) in [6, 6.07) is 0. The first kappa shape index (κ1) is 98.1. The van der Waals surface area contributed by atoms with Crippen molar-refractivity contribution in [3.05, 3.63) is 0 Å². The summed E-state index contributed by atoms with van der Waals surface area (Å²) >= 11 is 0. The highest BCUT2D eigenvalue weighted by molar-refractivity contribution is 5.69. The van der Waals surface area contributed by atoms with Crippen molar-refractivity contribution in [1.29, 1.82) is 0 Å². The van der Waals surface area contributed by atoms with Gasteiger partial charge in [-0.25, -0.2) is 28.8 Å². The monoisotopic (exact) mass is 1630 g/mol. The van der Waals surface area contributed by atoms with E-state index in [1.807, 2.05) is 0 Å². The molecule has 0 aromatic heterocycles. The number of unbranched alkanes of at least 4 members (excludes halogenated alkanes) is 4. The topological polar surface area (TPSA) is 230 Å². The maximum absolute atomic E-state index is 14.6. The first-order valence-electron chi connectivity index (χ1n) is 29.3. The smallest absolute Gasteiger partial charge is 0.407 e. The van der Waals surface area contributed by atoms with Gasteiger partial charge in [-0.15, -0.1) is 0 Å². The van der Waals surface area contributed by atoms with Gasteiger partial charge in [0.15, 0.2) is 39.6 Å². The second kappa shape index (κ2) is 36.3. The molecule has 54 heteroatoms. The zero-order valence-electron chi connectivity index (χ0n) is 53.3. The summed E-state index contributed by atoms with van der Waals surface area (Å²) in [6.45, 7) is -21.2. The average molecular weight is 1640 g/mol. The van der Waals surface area contributed by atoms with Crippen molar-refractivity contribution in [2.75, 3.05) is 78.9 Å². The minimum atomic E-state index is -8.33. The summed E-state index contributed by atoms with van der Waals surface area (Å²) in [5.74, 6) is -140. The molecule has 620 valence electrons. The fraction of sp³-hybridized carbons (Fsp3) is 0.882. The van der Waals surface area contributed by atoms with Crippen LogP contribution >= 0.6 is 0 Å². The number of amides is 6. The lowest BCUT2D eigenvalue weighted by Gasteiger charge is -2.40. The Morgan fingerprint density at radius 3 is 0.581 bits per heavy atom. The maximum Gasteiger partial charge on any atom is 0.407 e. The van der Waals surface area contributed by atoms with Crippen LogP contribution in [0.5, 0.6) is 0 Å². The van der Waals surface area contributed by atoms with Gasteiger partial charge in [0.25, 0.3) is 0 Å². The van der Waals surface area contributed by atoms with E-state index in [2.05, 4.69) is 28.4 Å². The molecule has 0 fully saturated rings. The van der Waals surface area contributed by atoms with Crippen molar-refractivity contribution in [1.82, 2.24) is 31.9 Å². The van der Waals surface area contributed by atoms with E-state index in [1.165, 1.54) is 36.7 Å². The highest BCUT2D eigenvalue weighted by atomic mass is 19.4. The number of rotatable bonds is 47. The van der Waals surface area contributed by atoms with Gasteiger partial charge >= 0.3 is 143 Å². The van der Waals surface area contributed by atoms with E-state index >= 15 is 0 Å². The Morgan fingerprint density at radius 1 is 0.229 bits per heavy atom. The number of alkyl halides is 36. The first-order valence-corrected chi connectivity index (χ1v) is 29.3. The predicted molar refractivity (Wildman–Crippen MR) is 276 cm³/mol. The molecule has 0 saturated heterocycles. The molecule has 0 aliphatic carbocycles. The van der Waals surface area contributed by atoms with Crippen LogP contribution in [0.2, 0.25) is 0 Å². The molecule has 0 aliphatic rings. The number of hydrogen-bond acceptors (Lipinski definition) is 12. The molecule has 0 aliphatic heterocycles. The number of ether oxygens (including phenoxy) is 6. The van der Waals surface area contributed by atoms with Gasteiger partial charge in [-0.3, -0.25) is 0 Å². The molecule has 0 bridgehead atoms. The summed E-state index contributed by atoms with van der Waals surface area (Å²) in [5.41, 5.74) is 0. The van der Waals surface area contributed by atoms with Crippen LogP contribution in [0.3, 0.4) is 0 Å². The Labute approximate surface area is 566 Å². The predicted octanol–water partition coefficient (Wildman–Crippen LogP) is 15.7. The number of carbonyl (C=O) groups excluding carboxylic acids is 6. The van der Waals surface area contributed by atoms with Gasteiger partial charge in [0.1, 0.15) is 0 Å². The average Bonchev–Trinajstić information content (AvgIpc) is 0.723. The number of alkyl carbamates (subject to hydrolysis) is 6. The summed E-state index contributed by atoms with van der Waals surface area (Å²) in [6.07, 6.45) is -16.9.